The van der Waals surface area contributed by atoms with Gasteiger partial charge < -0.3 is 14.6 Å². The second kappa shape index (κ2) is 7.14. The average molecular weight is 284 g/mol. The summed E-state index contributed by atoms with van der Waals surface area (Å²) in [6, 6.07) is 15.6. The number of esters is 1. The molecule has 21 heavy (non-hydrogen) atoms. The highest BCUT2D eigenvalue weighted by atomic mass is 16.5. The lowest BCUT2D eigenvalue weighted by atomic mass is 10.1. The first kappa shape index (κ1) is 14.7. The molecule has 0 amide bonds. The maximum absolute atomic E-state index is 12.2. The molecule has 0 fully saturated rings. The van der Waals surface area contributed by atoms with Crippen LogP contribution in [-0.2, 0) is 16.0 Å². The molecule has 2 rings (SSSR count). The first-order chi connectivity index (χ1) is 10.2. The van der Waals surface area contributed by atoms with Gasteiger partial charge in [-0.3, -0.25) is 0 Å². The molecule has 0 saturated heterocycles. The fourth-order valence-electron chi connectivity index (χ4n) is 1.83. The quantitative estimate of drug-likeness (QED) is 0.397. The lowest BCUT2D eigenvalue weighted by molar-refractivity contribution is -0.130. The molecule has 0 spiro atoms. The molecule has 0 atom stereocenters. The number of hydrogen-bond acceptors (Lipinski definition) is 4. The molecule has 2 aromatic carbocycles. The minimum Gasteiger partial charge on any atom is -0.508 e. The van der Waals surface area contributed by atoms with Crippen molar-refractivity contribution in [2.24, 2.45) is 0 Å². The van der Waals surface area contributed by atoms with E-state index in [1.54, 1.807) is 48.5 Å². The average Bonchev–Trinajstić information content (AvgIpc) is 2.50. The van der Waals surface area contributed by atoms with Crippen LogP contribution in [0.1, 0.15) is 5.56 Å². The summed E-state index contributed by atoms with van der Waals surface area (Å²) in [6.45, 7) is 0. The zero-order valence-corrected chi connectivity index (χ0v) is 11.7. The monoisotopic (exact) mass is 284 g/mol. The van der Waals surface area contributed by atoms with Gasteiger partial charge in [-0.25, -0.2) is 4.79 Å². The third kappa shape index (κ3) is 4.11. The number of para-hydroxylation sites is 2. The van der Waals surface area contributed by atoms with Crippen LogP contribution in [0.3, 0.4) is 0 Å². The number of carbonyl (C=O) groups is 1. The van der Waals surface area contributed by atoms with E-state index in [1.165, 1.54) is 13.4 Å². The molecule has 0 radical (unpaired) electrons. The largest absolute Gasteiger partial charge is 0.508 e. The van der Waals surface area contributed by atoms with Gasteiger partial charge >= 0.3 is 5.97 Å². The van der Waals surface area contributed by atoms with Gasteiger partial charge in [0.15, 0.2) is 0 Å². The highest BCUT2D eigenvalue weighted by Crippen LogP contribution is 2.21. The summed E-state index contributed by atoms with van der Waals surface area (Å²) >= 11 is 0. The Morgan fingerprint density at radius 2 is 1.76 bits per heavy atom. The van der Waals surface area contributed by atoms with E-state index >= 15 is 0 Å². The summed E-state index contributed by atoms with van der Waals surface area (Å²) in [7, 11) is 1.46. The van der Waals surface area contributed by atoms with Gasteiger partial charge in [-0.15, -0.1) is 0 Å². The van der Waals surface area contributed by atoms with Crippen molar-refractivity contribution in [1.82, 2.24) is 0 Å². The molecule has 4 nitrogen and oxygen atoms in total. The van der Waals surface area contributed by atoms with Gasteiger partial charge in [0.05, 0.1) is 18.9 Å². The summed E-state index contributed by atoms with van der Waals surface area (Å²) in [6.07, 6.45) is 1.56. The molecule has 0 aliphatic carbocycles. The highest BCUT2D eigenvalue weighted by molar-refractivity contribution is 5.90. The van der Waals surface area contributed by atoms with E-state index in [-0.39, 0.29) is 12.2 Å². The van der Waals surface area contributed by atoms with Crippen molar-refractivity contribution in [2.45, 2.75) is 6.42 Å². The molecular weight excluding hydrogens is 268 g/mol. The maximum atomic E-state index is 12.2. The van der Waals surface area contributed by atoms with E-state index in [1.807, 2.05) is 6.07 Å². The van der Waals surface area contributed by atoms with Gasteiger partial charge in [-0.1, -0.05) is 36.4 Å². The van der Waals surface area contributed by atoms with Crippen molar-refractivity contribution in [1.29, 1.82) is 0 Å². The van der Waals surface area contributed by atoms with Gasteiger partial charge in [0.25, 0.3) is 0 Å². The first-order valence-corrected chi connectivity index (χ1v) is 6.46. The van der Waals surface area contributed by atoms with Crippen LogP contribution >= 0.6 is 0 Å². The maximum Gasteiger partial charge on any atom is 0.342 e. The Bertz CT molecular complexity index is 632. The number of hydrogen-bond donors (Lipinski definition) is 1. The molecule has 0 bridgehead atoms. The molecule has 2 aromatic rings. The lowest BCUT2D eigenvalue weighted by Crippen LogP contribution is -2.13. The second-order valence-electron chi connectivity index (χ2n) is 4.39. The molecule has 4 heteroatoms. The Morgan fingerprint density at radius 3 is 2.43 bits per heavy atom. The number of phenolic OH excluding ortho intramolecular Hbond substituents is 1. The van der Waals surface area contributed by atoms with E-state index in [4.69, 9.17) is 9.47 Å². The molecule has 0 aromatic heterocycles. The molecule has 0 saturated carbocycles. The number of benzene rings is 2. The number of rotatable bonds is 5. The van der Waals surface area contributed by atoms with Crippen LogP contribution in [0.4, 0.5) is 0 Å². The summed E-state index contributed by atoms with van der Waals surface area (Å²) in [5.74, 6) is 0.0834. The van der Waals surface area contributed by atoms with Crippen molar-refractivity contribution in [2.75, 3.05) is 7.11 Å². The van der Waals surface area contributed by atoms with Crippen LogP contribution in [0.2, 0.25) is 0 Å². The van der Waals surface area contributed by atoms with E-state index in [0.29, 0.717) is 16.9 Å². The zero-order valence-electron chi connectivity index (χ0n) is 11.7. The summed E-state index contributed by atoms with van der Waals surface area (Å²) in [4.78, 5) is 12.2. The molecule has 0 heterocycles. The normalized spacial score (nSPS) is 11.0. The molecular formula is C17H16O4. The van der Waals surface area contributed by atoms with E-state index in [0.717, 1.165) is 0 Å². The van der Waals surface area contributed by atoms with Crippen LogP contribution in [0.5, 0.6) is 11.5 Å². The molecule has 0 aliphatic rings. The van der Waals surface area contributed by atoms with Crippen molar-refractivity contribution >= 4 is 5.97 Å². The number of phenols is 1. The predicted octanol–water partition coefficient (Wildman–Crippen LogP) is 3.07. The lowest BCUT2D eigenvalue weighted by Gasteiger charge is -2.09. The Morgan fingerprint density at radius 1 is 1.10 bits per heavy atom. The summed E-state index contributed by atoms with van der Waals surface area (Å²) < 4.78 is 10.2. The summed E-state index contributed by atoms with van der Waals surface area (Å²) in [5.41, 5.74) is 0.952. The zero-order chi connectivity index (χ0) is 15.1. The van der Waals surface area contributed by atoms with Gasteiger partial charge in [0.2, 0.25) is 0 Å². The third-order valence-corrected chi connectivity index (χ3v) is 2.85. The fraction of sp³-hybridized carbons (Fsp3) is 0.118. The Labute approximate surface area is 123 Å². The van der Waals surface area contributed by atoms with Crippen molar-refractivity contribution < 1.29 is 19.4 Å². The molecule has 108 valence electrons. The topological polar surface area (TPSA) is 55.8 Å². The third-order valence-electron chi connectivity index (χ3n) is 2.85. The highest BCUT2D eigenvalue weighted by Gasteiger charge is 2.15. The van der Waals surface area contributed by atoms with Gasteiger partial charge in [-0.05, 0) is 23.8 Å². The van der Waals surface area contributed by atoms with Crippen molar-refractivity contribution in [3.05, 3.63) is 72.0 Å². The first-order valence-electron chi connectivity index (χ1n) is 6.46. The van der Waals surface area contributed by atoms with E-state index in [9.17, 15) is 9.90 Å². The van der Waals surface area contributed by atoms with E-state index in [2.05, 4.69) is 0 Å². The Balaban J connectivity index is 2.14. The Hall–Kier alpha value is -2.75. The molecule has 0 unspecified atom stereocenters. The van der Waals surface area contributed by atoms with Gasteiger partial charge in [0, 0.05) is 6.42 Å². The van der Waals surface area contributed by atoms with Crippen molar-refractivity contribution in [3.63, 3.8) is 0 Å². The van der Waals surface area contributed by atoms with E-state index < -0.39 is 5.97 Å². The number of methoxy groups -OCH3 is 1. The number of carbonyl (C=O) groups excluding carboxylic acids is 1. The second-order valence-corrected chi connectivity index (χ2v) is 4.39. The molecule has 1 N–H and O–H groups in total. The van der Waals surface area contributed by atoms with Crippen LogP contribution in [0.15, 0.2) is 66.4 Å². The fourth-order valence-corrected chi connectivity index (χ4v) is 1.83. The molecule has 0 aliphatic heterocycles. The SMILES string of the molecule is COC=C(Cc1ccccc1O)C(=O)Oc1ccccc1. The Kier molecular flexibility index (Phi) is 4.99. The van der Waals surface area contributed by atoms with Crippen LogP contribution < -0.4 is 4.74 Å². The predicted molar refractivity (Wildman–Crippen MR) is 79.0 cm³/mol. The van der Waals surface area contributed by atoms with Gasteiger partial charge in [0.1, 0.15) is 11.5 Å². The number of ether oxygens (including phenoxy) is 2. The van der Waals surface area contributed by atoms with Crippen LogP contribution in [0.25, 0.3) is 0 Å². The summed E-state index contributed by atoms with van der Waals surface area (Å²) in [5, 5.41) is 9.78. The smallest absolute Gasteiger partial charge is 0.342 e. The number of aromatic hydroxyl groups is 1. The standard InChI is InChI=1S/C17H16O4/c1-20-12-14(11-13-7-5-6-10-16(13)18)17(19)21-15-8-3-2-4-9-15/h2-10,12,18H,11H2,1H3. The van der Waals surface area contributed by atoms with Crippen LogP contribution in [0, 0.1) is 0 Å². The van der Waals surface area contributed by atoms with Gasteiger partial charge in [-0.2, -0.15) is 0 Å². The van der Waals surface area contributed by atoms with Crippen molar-refractivity contribution in [3.8, 4) is 11.5 Å². The van der Waals surface area contributed by atoms with Crippen LogP contribution in [-0.4, -0.2) is 18.2 Å². The minimum absolute atomic E-state index is 0.131. The minimum atomic E-state index is -0.508.